The number of fused-ring (bicyclic) bond motifs is 4. The molecule has 0 spiro atoms. The summed E-state index contributed by atoms with van der Waals surface area (Å²) in [7, 11) is 0. The van der Waals surface area contributed by atoms with E-state index in [2.05, 4.69) is 27.4 Å². The van der Waals surface area contributed by atoms with Crippen molar-refractivity contribution in [2.75, 3.05) is 18.5 Å². The number of hydrogen-bond donors (Lipinski definition) is 1. The number of thiophene rings is 1. The molecule has 7 nitrogen and oxygen atoms in total. The zero-order valence-electron chi connectivity index (χ0n) is 17.5. The summed E-state index contributed by atoms with van der Waals surface area (Å²) >= 11 is 7.27. The smallest absolute Gasteiger partial charge is 0.412 e. The number of anilines is 1. The summed E-state index contributed by atoms with van der Waals surface area (Å²) in [4.78, 5) is 33.4. The van der Waals surface area contributed by atoms with Gasteiger partial charge in [0, 0.05) is 5.92 Å². The van der Waals surface area contributed by atoms with E-state index in [1.165, 1.54) is 6.33 Å². The maximum Gasteiger partial charge on any atom is 0.412 e. The largest absolute Gasteiger partial charge is 0.462 e. The maximum absolute atomic E-state index is 12.7. The van der Waals surface area contributed by atoms with Crippen LogP contribution in [0.5, 0.6) is 0 Å². The quantitative estimate of drug-likeness (QED) is 0.284. The molecular weight excluding hydrogens is 462 g/mol. The van der Waals surface area contributed by atoms with Gasteiger partial charge in [-0.05, 0) is 29.2 Å². The van der Waals surface area contributed by atoms with Crippen LogP contribution < -0.4 is 5.32 Å². The van der Waals surface area contributed by atoms with Crippen LogP contribution >= 0.6 is 22.9 Å². The fraction of sp³-hybridized carbons (Fsp3) is 0.167. The molecule has 4 aromatic rings. The van der Waals surface area contributed by atoms with Crippen molar-refractivity contribution in [1.82, 2.24) is 9.97 Å². The molecule has 0 saturated carbocycles. The van der Waals surface area contributed by atoms with Gasteiger partial charge < -0.3 is 9.47 Å². The molecule has 1 aliphatic rings. The maximum atomic E-state index is 12.7. The molecule has 0 saturated heterocycles. The molecule has 166 valence electrons. The molecule has 2 heterocycles. The zero-order chi connectivity index (χ0) is 22.9. The molecule has 0 aliphatic heterocycles. The van der Waals surface area contributed by atoms with E-state index in [1.807, 2.05) is 36.4 Å². The minimum atomic E-state index is -0.682. The Balaban J connectivity index is 1.39. The summed E-state index contributed by atoms with van der Waals surface area (Å²) in [6.45, 7) is 2.03. The van der Waals surface area contributed by atoms with Crippen LogP contribution in [-0.4, -0.2) is 35.2 Å². The van der Waals surface area contributed by atoms with Crippen LogP contribution in [0.4, 0.5) is 9.80 Å². The van der Waals surface area contributed by atoms with E-state index in [1.54, 1.807) is 6.92 Å². The van der Waals surface area contributed by atoms with Gasteiger partial charge in [0.05, 0.1) is 11.3 Å². The van der Waals surface area contributed by atoms with Crippen LogP contribution in [0.2, 0.25) is 5.15 Å². The predicted octanol–water partition coefficient (Wildman–Crippen LogP) is 5.88. The van der Waals surface area contributed by atoms with Gasteiger partial charge in [0.2, 0.25) is 0 Å². The Kier molecular flexibility index (Phi) is 5.70. The van der Waals surface area contributed by atoms with Crippen molar-refractivity contribution in [2.45, 2.75) is 12.8 Å². The molecule has 2 aromatic carbocycles. The summed E-state index contributed by atoms with van der Waals surface area (Å²) in [5.74, 6) is -0.678. The Labute approximate surface area is 198 Å². The number of esters is 1. The second-order valence-electron chi connectivity index (χ2n) is 7.32. The molecule has 1 aliphatic carbocycles. The van der Waals surface area contributed by atoms with Crippen molar-refractivity contribution in [3.63, 3.8) is 0 Å². The van der Waals surface area contributed by atoms with E-state index in [0.717, 1.165) is 33.6 Å². The molecule has 33 heavy (non-hydrogen) atoms. The second kappa shape index (κ2) is 8.80. The van der Waals surface area contributed by atoms with Crippen LogP contribution in [0.3, 0.4) is 0 Å². The lowest BCUT2D eigenvalue weighted by Crippen LogP contribution is -2.19. The number of benzene rings is 2. The first-order valence-electron chi connectivity index (χ1n) is 10.3. The first kappa shape index (κ1) is 21.4. The summed E-state index contributed by atoms with van der Waals surface area (Å²) in [5.41, 5.74) is 4.97. The molecule has 0 atom stereocenters. The van der Waals surface area contributed by atoms with Crippen molar-refractivity contribution < 1.29 is 19.1 Å². The highest BCUT2D eigenvalue weighted by atomic mass is 35.5. The van der Waals surface area contributed by atoms with Crippen LogP contribution in [0, 0.1) is 0 Å². The third-order valence-corrected chi connectivity index (χ3v) is 6.97. The average Bonchev–Trinajstić information content (AvgIpc) is 3.34. The Morgan fingerprint density at radius 3 is 2.36 bits per heavy atom. The summed E-state index contributed by atoms with van der Waals surface area (Å²) < 4.78 is 11.2. The van der Waals surface area contributed by atoms with E-state index in [0.29, 0.717) is 10.2 Å². The molecule has 5 rings (SSSR count). The van der Waals surface area contributed by atoms with Gasteiger partial charge in [0.15, 0.2) is 0 Å². The highest BCUT2D eigenvalue weighted by molar-refractivity contribution is 7.24. The third kappa shape index (κ3) is 3.81. The summed E-state index contributed by atoms with van der Waals surface area (Å²) in [6, 6.07) is 16.2. The van der Waals surface area contributed by atoms with Crippen molar-refractivity contribution in [3.05, 3.63) is 76.7 Å². The molecule has 1 N–H and O–H groups in total. The number of rotatable bonds is 5. The molecule has 9 heteroatoms. The van der Waals surface area contributed by atoms with Gasteiger partial charge in [0.25, 0.3) is 0 Å². The molecule has 1 amide bonds. The normalized spacial score (nSPS) is 12.3. The predicted molar refractivity (Wildman–Crippen MR) is 127 cm³/mol. The molecule has 0 fully saturated rings. The molecule has 0 bridgehead atoms. The van der Waals surface area contributed by atoms with E-state index in [9.17, 15) is 9.59 Å². The first-order chi connectivity index (χ1) is 16.1. The van der Waals surface area contributed by atoms with E-state index in [-0.39, 0.29) is 34.8 Å². The number of carbonyl (C=O) groups is 2. The highest BCUT2D eigenvalue weighted by Gasteiger charge is 2.30. The number of amides is 1. The second-order valence-corrected chi connectivity index (χ2v) is 8.70. The Bertz CT molecular complexity index is 1340. The molecule has 0 unspecified atom stereocenters. The lowest BCUT2D eigenvalue weighted by atomic mass is 9.98. The van der Waals surface area contributed by atoms with Crippen molar-refractivity contribution in [2.24, 2.45) is 0 Å². The van der Waals surface area contributed by atoms with Crippen LogP contribution in [0.25, 0.3) is 21.3 Å². The highest BCUT2D eigenvalue weighted by Crippen LogP contribution is 2.44. The number of ether oxygens (including phenoxy) is 2. The SMILES string of the molecule is CCOC(=O)c1c(NC(=O)OCC2c3ccccc3-c3ccccc32)sc2c(Cl)ncnc12. The summed E-state index contributed by atoms with van der Waals surface area (Å²) in [6.07, 6.45) is 0.579. The van der Waals surface area contributed by atoms with Gasteiger partial charge in [-0.15, -0.1) is 11.3 Å². The fourth-order valence-corrected chi connectivity index (χ4v) is 5.35. The zero-order valence-corrected chi connectivity index (χ0v) is 19.1. The topological polar surface area (TPSA) is 90.4 Å². The minimum Gasteiger partial charge on any atom is -0.462 e. The van der Waals surface area contributed by atoms with Gasteiger partial charge in [-0.2, -0.15) is 0 Å². The molecule has 2 aromatic heterocycles. The average molecular weight is 480 g/mol. The minimum absolute atomic E-state index is 0.0737. The van der Waals surface area contributed by atoms with E-state index in [4.69, 9.17) is 21.1 Å². The number of hydrogen-bond acceptors (Lipinski definition) is 7. The number of halogens is 1. The Morgan fingerprint density at radius 2 is 1.70 bits per heavy atom. The van der Waals surface area contributed by atoms with Crippen molar-refractivity contribution >= 4 is 50.2 Å². The van der Waals surface area contributed by atoms with Gasteiger partial charge in [-0.25, -0.2) is 19.6 Å². The number of nitrogens with zero attached hydrogens (tertiary/aromatic N) is 2. The van der Waals surface area contributed by atoms with Gasteiger partial charge in [0.1, 0.15) is 34.2 Å². The van der Waals surface area contributed by atoms with Gasteiger partial charge in [-0.3, -0.25) is 5.32 Å². The number of carbonyl (C=O) groups excluding carboxylic acids is 2. The van der Waals surface area contributed by atoms with Gasteiger partial charge in [-0.1, -0.05) is 60.1 Å². The van der Waals surface area contributed by atoms with E-state index >= 15 is 0 Å². The fourth-order valence-electron chi connectivity index (χ4n) is 4.09. The Hall–Kier alpha value is -3.49. The van der Waals surface area contributed by atoms with Crippen molar-refractivity contribution in [1.29, 1.82) is 0 Å². The van der Waals surface area contributed by atoms with E-state index < -0.39 is 12.1 Å². The lowest BCUT2D eigenvalue weighted by molar-refractivity contribution is 0.0530. The number of aromatic nitrogens is 2. The van der Waals surface area contributed by atoms with Crippen LogP contribution in [0.1, 0.15) is 34.3 Å². The molecular formula is C24H18ClN3O4S. The third-order valence-electron chi connectivity index (χ3n) is 5.47. The monoisotopic (exact) mass is 479 g/mol. The summed E-state index contributed by atoms with van der Waals surface area (Å²) in [5, 5.41) is 3.11. The van der Waals surface area contributed by atoms with Gasteiger partial charge >= 0.3 is 12.1 Å². The molecule has 0 radical (unpaired) electrons. The number of nitrogens with one attached hydrogen (secondary N) is 1. The standard InChI is InChI=1S/C24H18ClN3O4S/c1-2-31-23(29)18-19-20(21(25)27-12-26-19)33-22(18)28-24(30)32-11-17-15-9-5-3-7-13(15)14-8-4-6-10-16(14)17/h3-10,12,17H,2,11H2,1H3,(H,28,30). The van der Waals surface area contributed by atoms with Crippen molar-refractivity contribution in [3.8, 4) is 11.1 Å². The first-order valence-corrected chi connectivity index (χ1v) is 11.5. The van der Waals surface area contributed by atoms with Crippen LogP contribution in [-0.2, 0) is 9.47 Å². The Morgan fingerprint density at radius 1 is 1.03 bits per heavy atom. The van der Waals surface area contributed by atoms with Crippen LogP contribution in [0.15, 0.2) is 54.9 Å². The lowest BCUT2D eigenvalue weighted by Gasteiger charge is -2.14.